The van der Waals surface area contributed by atoms with Crippen LogP contribution in [0.4, 0.5) is 0 Å². The molecule has 3 heterocycles. The van der Waals surface area contributed by atoms with Crippen LogP contribution in [-0.2, 0) is 28.8 Å². The summed E-state index contributed by atoms with van der Waals surface area (Å²) in [6.07, 6.45) is 0. The van der Waals surface area contributed by atoms with Gasteiger partial charge in [-0.2, -0.15) is 4.37 Å². The molecule has 5 rings (SSSR count). The number of β-lactam (4-membered cyclic amide) rings is 1. The van der Waals surface area contributed by atoms with Gasteiger partial charge in [-0.15, -0.1) is 11.8 Å². The summed E-state index contributed by atoms with van der Waals surface area (Å²) in [5.41, 5.74) is 3.37. The number of nitrogens with zero attached hydrogens (tertiary/aromatic N) is 4. The highest BCUT2D eigenvalue weighted by Crippen LogP contribution is 2.50. The van der Waals surface area contributed by atoms with Crippen LogP contribution < -0.4 is 5.32 Å². The average molecular weight is 666 g/mol. The highest BCUT2D eigenvalue weighted by Gasteiger charge is 2.56. The van der Waals surface area contributed by atoms with E-state index in [1.54, 1.807) is 20.8 Å². The Morgan fingerprint density at radius 1 is 1.07 bits per heavy atom. The standard InChI is InChI=1S/C31H31N5O6S3/c1-17-24(30(40)43)36-28(39)23(29(36)45-25(17)21(18-11-7-5-8-12-18)19-13-9-6-10-14-19)33-27(38)22(26-32-16-44-35-26)34-41-15-20(37)42-31(2,3)4/h5-14,16,21,23,25,29H,15H2,1-4H3,(H,33,38)(H,40,43)/t23?,25?,29-/m1/s1. The van der Waals surface area contributed by atoms with E-state index in [9.17, 15) is 19.2 Å². The second-order valence-electron chi connectivity index (χ2n) is 11.3. The lowest BCUT2D eigenvalue weighted by Crippen LogP contribution is -2.71. The van der Waals surface area contributed by atoms with Crippen LogP contribution in [0.5, 0.6) is 0 Å². The van der Waals surface area contributed by atoms with E-state index in [-0.39, 0.29) is 28.4 Å². The Balaban J connectivity index is 1.42. The minimum absolute atomic E-state index is 0.0327. The SMILES string of the molecule is CC1=C(C(=O)S)N2C(=O)C(NC(=O)C(=NOCC(=O)OC(C)(C)C)c3ncsn3)[C@H]2SC1C(c1ccccc1)c1ccccc1. The van der Waals surface area contributed by atoms with Gasteiger partial charge < -0.3 is 14.9 Å². The van der Waals surface area contributed by atoms with Gasteiger partial charge in [0.25, 0.3) is 11.8 Å². The van der Waals surface area contributed by atoms with Crippen molar-refractivity contribution in [2.45, 2.75) is 55.9 Å². The maximum atomic E-state index is 13.5. The number of fused-ring (bicyclic) bond motifs is 1. The largest absolute Gasteiger partial charge is 0.457 e. The fraction of sp³-hybridized carbons (Fsp3) is 0.323. The van der Waals surface area contributed by atoms with Gasteiger partial charge in [-0.25, -0.2) is 9.78 Å². The Kier molecular flexibility index (Phi) is 9.75. The van der Waals surface area contributed by atoms with Crippen molar-refractivity contribution >= 4 is 64.5 Å². The van der Waals surface area contributed by atoms with Crippen molar-refractivity contribution in [2.24, 2.45) is 5.16 Å². The molecule has 0 saturated carbocycles. The summed E-state index contributed by atoms with van der Waals surface area (Å²) in [5, 5.41) is 5.16. The van der Waals surface area contributed by atoms with Gasteiger partial charge in [-0.05, 0) is 55.9 Å². The third kappa shape index (κ3) is 7.13. The Morgan fingerprint density at radius 3 is 2.22 bits per heavy atom. The molecule has 1 aromatic heterocycles. The third-order valence-corrected chi connectivity index (χ3v) is 9.40. The highest BCUT2D eigenvalue weighted by atomic mass is 32.2. The number of aromatic nitrogens is 2. The molecular weight excluding hydrogens is 635 g/mol. The summed E-state index contributed by atoms with van der Waals surface area (Å²) < 4.78 is 9.29. The second-order valence-corrected chi connectivity index (χ2v) is 13.6. The number of thiol groups is 1. The Hall–Kier alpha value is -4.01. The molecule has 14 heteroatoms. The quantitative estimate of drug-likeness (QED) is 0.108. The number of carbonyl (C=O) groups excluding carboxylic acids is 4. The Bertz CT molecular complexity index is 1600. The van der Waals surface area contributed by atoms with Gasteiger partial charge >= 0.3 is 5.97 Å². The number of esters is 1. The molecule has 234 valence electrons. The summed E-state index contributed by atoms with van der Waals surface area (Å²) in [6, 6.07) is 18.9. The van der Waals surface area contributed by atoms with Crippen molar-refractivity contribution in [2.75, 3.05) is 6.61 Å². The first-order valence-corrected chi connectivity index (χ1v) is 16.2. The molecule has 0 spiro atoms. The number of thioether (sulfide) groups is 1. The molecule has 1 fully saturated rings. The molecule has 2 aromatic carbocycles. The van der Waals surface area contributed by atoms with Gasteiger partial charge in [0.1, 0.15) is 22.5 Å². The Labute approximate surface area is 274 Å². The lowest BCUT2D eigenvalue weighted by atomic mass is 9.84. The number of hydrogen-bond donors (Lipinski definition) is 2. The summed E-state index contributed by atoms with van der Waals surface area (Å²) in [5.74, 6) is -2.11. The number of benzene rings is 2. The molecule has 2 unspecified atom stereocenters. The minimum atomic E-state index is -0.998. The van der Waals surface area contributed by atoms with Crippen LogP contribution in [0.15, 0.2) is 82.6 Å². The summed E-state index contributed by atoms with van der Waals surface area (Å²) in [6.45, 7) is 6.43. The Morgan fingerprint density at radius 2 is 1.69 bits per heavy atom. The van der Waals surface area contributed by atoms with Crippen LogP contribution in [0.1, 0.15) is 50.6 Å². The molecule has 11 nitrogen and oxygen atoms in total. The number of oxime groups is 1. The van der Waals surface area contributed by atoms with Gasteiger partial charge in [0, 0.05) is 11.2 Å². The zero-order chi connectivity index (χ0) is 32.3. The van der Waals surface area contributed by atoms with E-state index in [1.807, 2.05) is 67.6 Å². The van der Waals surface area contributed by atoms with E-state index in [1.165, 1.54) is 22.2 Å². The predicted molar refractivity (Wildman–Crippen MR) is 174 cm³/mol. The minimum Gasteiger partial charge on any atom is -0.457 e. The molecule has 3 atom stereocenters. The first-order valence-electron chi connectivity index (χ1n) is 14.0. The van der Waals surface area contributed by atoms with Crippen molar-refractivity contribution in [3.63, 3.8) is 0 Å². The summed E-state index contributed by atoms with van der Waals surface area (Å²) in [7, 11) is 0. The topological polar surface area (TPSA) is 140 Å². The van der Waals surface area contributed by atoms with Crippen LogP contribution >= 0.6 is 35.9 Å². The van der Waals surface area contributed by atoms with Crippen molar-refractivity contribution in [1.29, 1.82) is 0 Å². The van der Waals surface area contributed by atoms with Crippen LogP contribution in [0, 0.1) is 0 Å². The highest BCUT2D eigenvalue weighted by molar-refractivity contribution is 8.01. The monoisotopic (exact) mass is 665 g/mol. The average Bonchev–Trinajstić information content (AvgIpc) is 3.53. The first-order chi connectivity index (χ1) is 21.5. The molecule has 0 radical (unpaired) electrons. The fourth-order valence-corrected chi connectivity index (χ4v) is 7.67. The lowest BCUT2D eigenvalue weighted by Gasteiger charge is -2.52. The zero-order valence-electron chi connectivity index (χ0n) is 24.9. The molecule has 2 aliphatic rings. The number of nitrogens with one attached hydrogen (secondary N) is 1. The van der Waals surface area contributed by atoms with Crippen molar-refractivity contribution in [3.8, 4) is 0 Å². The predicted octanol–water partition coefficient (Wildman–Crippen LogP) is 3.93. The lowest BCUT2D eigenvalue weighted by molar-refractivity contribution is -0.160. The number of hydrogen-bond acceptors (Lipinski definition) is 11. The van der Waals surface area contributed by atoms with Gasteiger partial charge in [-0.3, -0.25) is 19.3 Å². The van der Waals surface area contributed by atoms with Gasteiger partial charge in [-0.1, -0.05) is 78.4 Å². The number of rotatable bonds is 10. The van der Waals surface area contributed by atoms with Crippen molar-refractivity contribution in [3.05, 3.63) is 94.4 Å². The van der Waals surface area contributed by atoms with E-state index < -0.39 is 46.5 Å². The number of ether oxygens (including phenoxy) is 1. The first kappa shape index (κ1) is 32.4. The van der Waals surface area contributed by atoms with E-state index >= 15 is 0 Å². The van der Waals surface area contributed by atoms with E-state index in [2.05, 4.69) is 32.5 Å². The molecule has 3 aromatic rings. The normalized spacial score (nSPS) is 20.0. The maximum Gasteiger partial charge on any atom is 0.347 e. The molecule has 1 N–H and O–H groups in total. The second kappa shape index (κ2) is 13.5. The van der Waals surface area contributed by atoms with Crippen molar-refractivity contribution in [1.82, 2.24) is 19.6 Å². The van der Waals surface area contributed by atoms with Crippen LogP contribution in [0.3, 0.4) is 0 Å². The molecular formula is C31H31N5O6S3. The van der Waals surface area contributed by atoms with Crippen molar-refractivity contribution < 1.29 is 28.8 Å². The van der Waals surface area contributed by atoms with E-state index in [4.69, 9.17) is 9.57 Å². The van der Waals surface area contributed by atoms with Crippen LogP contribution in [0.2, 0.25) is 0 Å². The fourth-order valence-electron chi connectivity index (χ4n) is 5.20. The van der Waals surface area contributed by atoms with E-state index in [0.29, 0.717) is 0 Å². The molecule has 0 bridgehead atoms. The third-order valence-electron chi connectivity index (χ3n) is 7.03. The summed E-state index contributed by atoms with van der Waals surface area (Å²) >= 11 is 6.61. The van der Waals surface area contributed by atoms with Crippen LogP contribution in [-0.4, -0.2) is 71.7 Å². The maximum absolute atomic E-state index is 13.5. The molecule has 1 saturated heterocycles. The number of amides is 2. The number of carbonyl (C=O) groups is 4. The molecule has 2 aliphatic heterocycles. The summed E-state index contributed by atoms with van der Waals surface area (Å²) in [4.78, 5) is 62.5. The molecule has 45 heavy (non-hydrogen) atoms. The van der Waals surface area contributed by atoms with Gasteiger partial charge in [0.2, 0.25) is 23.3 Å². The van der Waals surface area contributed by atoms with Crippen LogP contribution in [0.25, 0.3) is 0 Å². The zero-order valence-corrected chi connectivity index (χ0v) is 27.4. The molecule has 2 amide bonds. The van der Waals surface area contributed by atoms with Gasteiger partial charge in [0.05, 0.1) is 5.70 Å². The van der Waals surface area contributed by atoms with E-state index in [0.717, 1.165) is 28.2 Å². The molecule has 0 aliphatic carbocycles. The van der Waals surface area contributed by atoms with Gasteiger partial charge in [0.15, 0.2) is 0 Å². The smallest absolute Gasteiger partial charge is 0.347 e.